The maximum atomic E-state index is 13.2. The molecule has 1 amide bonds. The first-order valence-corrected chi connectivity index (χ1v) is 7.59. The van der Waals surface area contributed by atoms with Gasteiger partial charge >= 0.3 is 0 Å². The van der Waals surface area contributed by atoms with Crippen LogP contribution in [0, 0.1) is 19.7 Å². The lowest BCUT2D eigenvalue weighted by Gasteiger charge is -2.09. The number of nitrogens with zero attached hydrogens (tertiary/aromatic N) is 3. The number of benzene rings is 2. The lowest BCUT2D eigenvalue weighted by Crippen LogP contribution is -2.18. The Kier molecular flexibility index (Phi) is 4.31. The van der Waals surface area contributed by atoms with Crippen LogP contribution in [0.5, 0.6) is 0 Å². The van der Waals surface area contributed by atoms with E-state index in [1.54, 1.807) is 38.1 Å². The van der Waals surface area contributed by atoms with Gasteiger partial charge in [0, 0.05) is 10.7 Å². The maximum Gasteiger partial charge on any atom is 0.293 e. The summed E-state index contributed by atoms with van der Waals surface area (Å²) in [7, 11) is 0. The van der Waals surface area contributed by atoms with E-state index in [-0.39, 0.29) is 11.6 Å². The largest absolute Gasteiger partial charge is 0.319 e. The lowest BCUT2D eigenvalue weighted by atomic mass is 10.2. The summed E-state index contributed by atoms with van der Waals surface area (Å²) in [4.78, 5) is 16.8. The molecule has 0 aliphatic rings. The molecule has 5 nitrogen and oxygen atoms in total. The molecule has 0 fully saturated rings. The molecule has 0 saturated heterocycles. The molecule has 7 heteroatoms. The van der Waals surface area contributed by atoms with Gasteiger partial charge in [0.2, 0.25) is 5.82 Å². The van der Waals surface area contributed by atoms with Gasteiger partial charge in [-0.05, 0) is 61.9 Å². The number of rotatable bonds is 3. The molecule has 0 atom stereocenters. The van der Waals surface area contributed by atoms with E-state index in [0.717, 1.165) is 0 Å². The highest BCUT2D eigenvalue weighted by Crippen LogP contribution is 2.18. The summed E-state index contributed by atoms with van der Waals surface area (Å²) < 4.78 is 14.6. The monoisotopic (exact) mass is 344 g/mol. The number of aromatic nitrogens is 3. The molecule has 1 aromatic heterocycles. The third-order valence-corrected chi connectivity index (χ3v) is 3.68. The Labute approximate surface area is 143 Å². The van der Waals surface area contributed by atoms with E-state index < -0.39 is 5.91 Å². The van der Waals surface area contributed by atoms with E-state index >= 15 is 0 Å². The summed E-state index contributed by atoms with van der Waals surface area (Å²) in [5.41, 5.74) is 1.81. The Hall–Kier alpha value is -2.73. The fourth-order valence-electron chi connectivity index (χ4n) is 2.27. The summed E-state index contributed by atoms with van der Waals surface area (Å²) in [6, 6.07) is 11.1. The SMILES string of the molecule is Cc1nc(C(=O)Nc2ccc(F)cc2C)n(-c2ccc(Cl)cc2)n1. The van der Waals surface area contributed by atoms with Crippen LogP contribution in [0.4, 0.5) is 10.1 Å². The Balaban J connectivity index is 1.94. The van der Waals surface area contributed by atoms with Gasteiger partial charge in [0.25, 0.3) is 5.91 Å². The molecule has 3 aromatic rings. The van der Waals surface area contributed by atoms with Crippen LogP contribution in [0.3, 0.4) is 0 Å². The van der Waals surface area contributed by atoms with Gasteiger partial charge in [0.15, 0.2) is 0 Å². The molecule has 2 aromatic carbocycles. The van der Waals surface area contributed by atoms with Crippen molar-refractivity contribution in [2.45, 2.75) is 13.8 Å². The number of halogens is 2. The highest BCUT2D eigenvalue weighted by Gasteiger charge is 2.18. The number of carbonyl (C=O) groups is 1. The first-order chi connectivity index (χ1) is 11.4. The minimum absolute atomic E-state index is 0.138. The zero-order chi connectivity index (χ0) is 17.3. The highest BCUT2D eigenvalue weighted by atomic mass is 35.5. The smallest absolute Gasteiger partial charge is 0.293 e. The first-order valence-electron chi connectivity index (χ1n) is 7.21. The molecule has 1 heterocycles. The second kappa shape index (κ2) is 6.41. The lowest BCUT2D eigenvalue weighted by molar-refractivity contribution is 0.101. The van der Waals surface area contributed by atoms with Gasteiger partial charge < -0.3 is 5.32 Å². The molecule has 0 spiro atoms. The van der Waals surface area contributed by atoms with Crippen molar-refractivity contribution in [1.29, 1.82) is 0 Å². The molecule has 122 valence electrons. The van der Waals surface area contributed by atoms with Crippen LogP contribution in [0.1, 0.15) is 22.0 Å². The second-order valence-corrected chi connectivity index (χ2v) is 5.72. The van der Waals surface area contributed by atoms with Gasteiger partial charge in [-0.2, -0.15) is 5.10 Å². The van der Waals surface area contributed by atoms with E-state index in [1.807, 2.05) is 0 Å². The molecular formula is C17H14ClFN4O. The van der Waals surface area contributed by atoms with Gasteiger partial charge in [-0.1, -0.05) is 11.6 Å². The zero-order valence-corrected chi connectivity index (χ0v) is 13.8. The van der Waals surface area contributed by atoms with E-state index in [9.17, 15) is 9.18 Å². The molecule has 0 aliphatic carbocycles. The standard InChI is InChI=1S/C17H14ClFN4O/c1-10-9-13(19)5-8-15(10)21-17(24)16-20-11(2)22-23(16)14-6-3-12(18)4-7-14/h3-9H,1-2H3,(H,21,24). The molecule has 0 unspecified atom stereocenters. The van der Waals surface area contributed by atoms with Crippen molar-refractivity contribution in [2.75, 3.05) is 5.32 Å². The zero-order valence-electron chi connectivity index (χ0n) is 13.0. The number of hydrogen-bond acceptors (Lipinski definition) is 3. The number of aryl methyl sites for hydroxylation is 2. The molecule has 3 rings (SSSR count). The summed E-state index contributed by atoms with van der Waals surface area (Å²) in [5, 5.41) is 7.57. The maximum absolute atomic E-state index is 13.2. The minimum atomic E-state index is -0.430. The Morgan fingerprint density at radius 2 is 1.88 bits per heavy atom. The average Bonchev–Trinajstić information content (AvgIpc) is 2.93. The molecule has 0 saturated carbocycles. The highest BCUT2D eigenvalue weighted by molar-refractivity contribution is 6.30. The molecule has 1 N–H and O–H groups in total. The van der Waals surface area contributed by atoms with Gasteiger partial charge in [-0.15, -0.1) is 0 Å². The van der Waals surface area contributed by atoms with Crippen molar-refractivity contribution in [1.82, 2.24) is 14.8 Å². The fourth-order valence-corrected chi connectivity index (χ4v) is 2.40. The van der Waals surface area contributed by atoms with Gasteiger partial charge in [-0.25, -0.2) is 14.1 Å². The average molecular weight is 345 g/mol. The van der Waals surface area contributed by atoms with E-state index in [2.05, 4.69) is 15.4 Å². The Morgan fingerprint density at radius 1 is 1.17 bits per heavy atom. The van der Waals surface area contributed by atoms with Crippen LogP contribution >= 0.6 is 11.6 Å². The van der Waals surface area contributed by atoms with Crippen LogP contribution in [-0.4, -0.2) is 20.7 Å². The predicted octanol–water partition coefficient (Wildman–Crippen LogP) is 3.93. The quantitative estimate of drug-likeness (QED) is 0.783. The number of amides is 1. The van der Waals surface area contributed by atoms with Gasteiger partial charge in [0.05, 0.1) is 5.69 Å². The van der Waals surface area contributed by atoms with Crippen LogP contribution in [0.25, 0.3) is 5.69 Å². The summed E-state index contributed by atoms with van der Waals surface area (Å²) in [6.07, 6.45) is 0. The van der Waals surface area contributed by atoms with E-state index in [1.165, 1.54) is 22.9 Å². The van der Waals surface area contributed by atoms with Crippen molar-refractivity contribution in [2.24, 2.45) is 0 Å². The van der Waals surface area contributed by atoms with E-state index in [0.29, 0.717) is 27.8 Å². The summed E-state index contributed by atoms with van der Waals surface area (Å²) in [6.45, 7) is 3.42. The predicted molar refractivity (Wildman–Crippen MR) is 90.2 cm³/mol. The van der Waals surface area contributed by atoms with Crippen molar-refractivity contribution < 1.29 is 9.18 Å². The Morgan fingerprint density at radius 3 is 2.54 bits per heavy atom. The molecule has 0 bridgehead atoms. The van der Waals surface area contributed by atoms with Crippen molar-refractivity contribution in [3.8, 4) is 5.69 Å². The van der Waals surface area contributed by atoms with E-state index in [4.69, 9.17) is 11.6 Å². The van der Waals surface area contributed by atoms with Gasteiger partial charge in [0.1, 0.15) is 11.6 Å². The molecular weight excluding hydrogens is 331 g/mol. The summed E-state index contributed by atoms with van der Waals surface area (Å²) >= 11 is 5.89. The second-order valence-electron chi connectivity index (χ2n) is 5.28. The number of nitrogens with one attached hydrogen (secondary N) is 1. The molecule has 24 heavy (non-hydrogen) atoms. The Bertz CT molecular complexity index is 905. The normalized spacial score (nSPS) is 10.7. The minimum Gasteiger partial charge on any atom is -0.319 e. The van der Waals surface area contributed by atoms with Crippen LogP contribution in [0.15, 0.2) is 42.5 Å². The topological polar surface area (TPSA) is 59.8 Å². The molecule has 0 aliphatic heterocycles. The van der Waals surface area contributed by atoms with Crippen molar-refractivity contribution in [3.63, 3.8) is 0 Å². The van der Waals surface area contributed by atoms with Gasteiger partial charge in [-0.3, -0.25) is 4.79 Å². The summed E-state index contributed by atoms with van der Waals surface area (Å²) in [5.74, 6) is -0.185. The number of hydrogen-bond donors (Lipinski definition) is 1. The first kappa shape index (κ1) is 16.1. The third-order valence-electron chi connectivity index (χ3n) is 3.42. The van der Waals surface area contributed by atoms with Crippen LogP contribution in [-0.2, 0) is 0 Å². The van der Waals surface area contributed by atoms with Crippen molar-refractivity contribution in [3.05, 3.63) is 70.5 Å². The molecule has 0 radical (unpaired) electrons. The third kappa shape index (κ3) is 3.28. The number of anilines is 1. The van der Waals surface area contributed by atoms with Crippen molar-refractivity contribution >= 4 is 23.2 Å². The van der Waals surface area contributed by atoms with Crippen LogP contribution < -0.4 is 5.32 Å². The fraction of sp³-hybridized carbons (Fsp3) is 0.118. The number of carbonyl (C=O) groups excluding carboxylic acids is 1. The van der Waals surface area contributed by atoms with Crippen LogP contribution in [0.2, 0.25) is 5.02 Å².